The fourth-order valence-electron chi connectivity index (χ4n) is 3.61. The van der Waals surface area contributed by atoms with E-state index in [2.05, 4.69) is 26.7 Å². The summed E-state index contributed by atoms with van der Waals surface area (Å²) in [4.78, 5) is 49.5. The van der Waals surface area contributed by atoms with Gasteiger partial charge in [-0.25, -0.2) is 0 Å². The summed E-state index contributed by atoms with van der Waals surface area (Å²) in [5.41, 5.74) is 5.23. The van der Waals surface area contributed by atoms with Crippen LogP contribution in [0.2, 0.25) is 0 Å². The Balaban J connectivity index is 1.52. The number of halogens is 1. The van der Waals surface area contributed by atoms with Gasteiger partial charge in [0.25, 0.3) is 11.8 Å². The summed E-state index contributed by atoms with van der Waals surface area (Å²) in [5, 5.41) is 3.75. The molecule has 2 aromatic carbocycles. The second-order valence-electron chi connectivity index (χ2n) is 8.00. The van der Waals surface area contributed by atoms with Gasteiger partial charge >= 0.3 is 5.97 Å². The lowest BCUT2D eigenvalue weighted by molar-refractivity contribution is -0.151. The molecule has 0 saturated carbocycles. The summed E-state index contributed by atoms with van der Waals surface area (Å²) in [5.74, 6) is -2.17. The van der Waals surface area contributed by atoms with E-state index in [1.807, 2.05) is 13.8 Å². The SMILES string of the molecule is COc1ccc(C(=O)NN2C[C@H](C(=O)OCC(=O)Nc3cc(C)c(Br)c(C)c3)CC2=O)cc1OC. The predicted octanol–water partition coefficient (Wildman–Crippen LogP) is 2.76. The summed E-state index contributed by atoms with van der Waals surface area (Å²) in [6.45, 7) is 3.25. The van der Waals surface area contributed by atoms with Crippen LogP contribution in [-0.2, 0) is 19.1 Å². The highest BCUT2D eigenvalue weighted by molar-refractivity contribution is 9.10. The number of carbonyl (C=O) groups is 4. The standard InChI is InChI=1S/C24H26BrN3O7/c1-13-7-17(8-14(2)22(13)25)26-20(29)12-35-24(32)16-10-21(30)28(11-16)27-23(31)15-5-6-18(33-3)19(9-15)34-4/h5-9,16H,10-12H2,1-4H3,(H,26,29)(H,27,31)/t16-/m1/s1. The number of rotatable bonds is 8. The molecule has 0 radical (unpaired) electrons. The first-order chi connectivity index (χ1) is 16.6. The minimum absolute atomic E-state index is 0.0661. The van der Waals surface area contributed by atoms with Gasteiger partial charge in [-0.05, 0) is 55.3 Å². The van der Waals surface area contributed by atoms with E-state index in [9.17, 15) is 19.2 Å². The molecular formula is C24H26BrN3O7. The first-order valence-electron chi connectivity index (χ1n) is 10.7. The van der Waals surface area contributed by atoms with E-state index in [0.29, 0.717) is 17.2 Å². The Bertz CT molecular complexity index is 1140. The van der Waals surface area contributed by atoms with E-state index in [1.54, 1.807) is 18.2 Å². The van der Waals surface area contributed by atoms with Crippen LogP contribution in [0.25, 0.3) is 0 Å². The monoisotopic (exact) mass is 547 g/mol. The zero-order chi connectivity index (χ0) is 25.7. The molecule has 2 N–H and O–H groups in total. The average Bonchev–Trinajstić information content (AvgIpc) is 3.20. The average molecular weight is 548 g/mol. The first-order valence-corrected chi connectivity index (χ1v) is 11.5. The molecule has 0 bridgehead atoms. The maximum Gasteiger partial charge on any atom is 0.311 e. The molecule has 1 aliphatic heterocycles. The van der Waals surface area contributed by atoms with Crippen LogP contribution in [0, 0.1) is 19.8 Å². The van der Waals surface area contributed by atoms with Crippen molar-refractivity contribution in [2.75, 3.05) is 32.7 Å². The van der Waals surface area contributed by atoms with E-state index in [4.69, 9.17) is 14.2 Å². The number of nitrogens with zero attached hydrogens (tertiary/aromatic N) is 1. The number of carbonyl (C=O) groups excluding carboxylic acids is 4. The van der Waals surface area contributed by atoms with Gasteiger partial charge in [0.1, 0.15) is 0 Å². The highest BCUT2D eigenvalue weighted by Gasteiger charge is 2.36. The van der Waals surface area contributed by atoms with Crippen molar-refractivity contribution in [3.63, 3.8) is 0 Å². The maximum atomic E-state index is 12.6. The third kappa shape index (κ3) is 6.30. The number of hydrazine groups is 1. The van der Waals surface area contributed by atoms with E-state index in [1.165, 1.54) is 26.4 Å². The summed E-state index contributed by atoms with van der Waals surface area (Å²) in [6.07, 6.45) is -0.141. The number of anilines is 1. The molecule has 3 amide bonds. The molecule has 1 fully saturated rings. The van der Waals surface area contributed by atoms with Gasteiger partial charge in [-0.15, -0.1) is 0 Å². The Morgan fingerprint density at radius 2 is 1.71 bits per heavy atom. The number of amides is 3. The van der Waals surface area contributed by atoms with E-state index in [0.717, 1.165) is 20.6 Å². The Hall–Kier alpha value is -3.60. The lowest BCUT2D eigenvalue weighted by Crippen LogP contribution is -2.43. The second-order valence-corrected chi connectivity index (χ2v) is 8.79. The molecule has 1 atom stereocenters. The lowest BCUT2D eigenvalue weighted by atomic mass is 10.1. The summed E-state index contributed by atoms with van der Waals surface area (Å²) in [6, 6.07) is 8.17. The summed E-state index contributed by atoms with van der Waals surface area (Å²) >= 11 is 3.47. The molecule has 1 heterocycles. The van der Waals surface area contributed by atoms with Crippen molar-refractivity contribution in [3.05, 3.63) is 51.5 Å². The minimum atomic E-state index is -0.807. The Labute approximate surface area is 211 Å². The van der Waals surface area contributed by atoms with Gasteiger partial charge in [0.2, 0.25) is 5.91 Å². The van der Waals surface area contributed by atoms with E-state index in [-0.39, 0.29) is 18.5 Å². The number of benzene rings is 2. The van der Waals surface area contributed by atoms with E-state index >= 15 is 0 Å². The van der Waals surface area contributed by atoms with E-state index < -0.39 is 36.2 Å². The molecule has 1 saturated heterocycles. The fraction of sp³-hybridized carbons (Fsp3) is 0.333. The quantitative estimate of drug-likeness (QED) is 0.487. The Kier molecular flexibility index (Phi) is 8.34. The van der Waals surface area contributed by atoms with Crippen molar-refractivity contribution in [2.24, 2.45) is 5.92 Å². The van der Waals surface area contributed by atoms with Crippen LogP contribution >= 0.6 is 15.9 Å². The highest BCUT2D eigenvalue weighted by Crippen LogP contribution is 2.28. The van der Waals surface area contributed by atoms with Gasteiger partial charge in [0.05, 0.1) is 26.7 Å². The smallest absolute Gasteiger partial charge is 0.311 e. The van der Waals surface area contributed by atoms with Crippen LogP contribution in [0.3, 0.4) is 0 Å². The van der Waals surface area contributed by atoms with Crippen LogP contribution in [0.4, 0.5) is 5.69 Å². The molecule has 10 nitrogen and oxygen atoms in total. The summed E-state index contributed by atoms with van der Waals surface area (Å²) < 4.78 is 16.4. The molecule has 186 valence electrons. The van der Waals surface area contributed by atoms with Crippen LogP contribution in [-0.4, -0.2) is 56.1 Å². The number of nitrogens with one attached hydrogen (secondary N) is 2. The number of hydrogen-bond acceptors (Lipinski definition) is 7. The number of methoxy groups -OCH3 is 2. The van der Waals surface area contributed by atoms with Crippen molar-refractivity contribution in [1.29, 1.82) is 0 Å². The fourth-order valence-corrected chi connectivity index (χ4v) is 3.84. The van der Waals surface area contributed by atoms with Gasteiger partial charge in [-0.1, -0.05) is 15.9 Å². The molecule has 3 rings (SSSR count). The van der Waals surface area contributed by atoms with Crippen molar-refractivity contribution in [3.8, 4) is 11.5 Å². The van der Waals surface area contributed by atoms with Gasteiger partial charge in [0, 0.05) is 22.1 Å². The molecular weight excluding hydrogens is 522 g/mol. The minimum Gasteiger partial charge on any atom is -0.493 e. The second kappa shape index (κ2) is 11.2. The van der Waals surface area contributed by atoms with Crippen molar-refractivity contribution in [2.45, 2.75) is 20.3 Å². The molecule has 0 aromatic heterocycles. The Morgan fingerprint density at radius 1 is 1.06 bits per heavy atom. The van der Waals surface area contributed by atoms with Crippen molar-refractivity contribution < 1.29 is 33.4 Å². The lowest BCUT2D eigenvalue weighted by Gasteiger charge is -2.18. The Morgan fingerprint density at radius 3 is 2.34 bits per heavy atom. The normalized spacial score (nSPS) is 14.9. The first kappa shape index (κ1) is 26.0. The van der Waals surface area contributed by atoms with Gasteiger partial charge in [-0.3, -0.25) is 29.6 Å². The molecule has 2 aromatic rings. The van der Waals surface area contributed by atoms with Crippen molar-refractivity contribution >= 4 is 45.3 Å². The maximum absolute atomic E-state index is 12.6. The van der Waals surface area contributed by atoms with Crippen molar-refractivity contribution in [1.82, 2.24) is 10.4 Å². The number of aryl methyl sites for hydroxylation is 2. The van der Waals surface area contributed by atoms with Crippen LogP contribution < -0.4 is 20.2 Å². The molecule has 11 heteroatoms. The largest absolute Gasteiger partial charge is 0.493 e. The zero-order valence-corrected chi connectivity index (χ0v) is 21.4. The third-order valence-electron chi connectivity index (χ3n) is 5.41. The number of esters is 1. The van der Waals surface area contributed by atoms with Gasteiger partial charge in [0.15, 0.2) is 18.1 Å². The van der Waals surface area contributed by atoms with Crippen LogP contribution in [0.15, 0.2) is 34.8 Å². The highest BCUT2D eigenvalue weighted by atomic mass is 79.9. The summed E-state index contributed by atoms with van der Waals surface area (Å²) in [7, 11) is 2.92. The van der Waals surface area contributed by atoms with Gasteiger partial charge in [-0.2, -0.15) is 0 Å². The van der Waals surface area contributed by atoms with Crippen LogP contribution in [0.1, 0.15) is 27.9 Å². The van der Waals surface area contributed by atoms with Gasteiger partial charge < -0.3 is 19.5 Å². The molecule has 0 spiro atoms. The number of ether oxygens (including phenoxy) is 3. The zero-order valence-electron chi connectivity index (χ0n) is 19.8. The molecule has 0 unspecified atom stereocenters. The molecule has 35 heavy (non-hydrogen) atoms. The molecule has 0 aliphatic carbocycles. The van der Waals surface area contributed by atoms with Crippen LogP contribution in [0.5, 0.6) is 11.5 Å². The topological polar surface area (TPSA) is 123 Å². The number of hydrogen-bond donors (Lipinski definition) is 2. The molecule has 1 aliphatic rings. The predicted molar refractivity (Wildman–Crippen MR) is 130 cm³/mol. The third-order valence-corrected chi connectivity index (χ3v) is 6.66.